The minimum Gasteiger partial charge on any atom is -0.365 e. The van der Waals surface area contributed by atoms with Crippen LogP contribution >= 0.6 is 11.3 Å². The van der Waals surface area contributed by atoms with Crippen LogP contribution in [0, 0.1) is 12.8 Å². The molecule has 0 spiro atoms. The summed E-state index contributed by atoms with van der Waals surface area (Å²) < 4.78 is 0. The number of fused-ring (bicyclic) bond motifs is 4. The Bertz CT molecular complexity index is 846. The Labute approximate surface area is 156 Å². The molecule has 3 saturated heterocycles. The summed E-state index contributed by atoms with van der Waals surface area (Å²) in [6.45, 7) is 3.10. The molecule has 2 atom stereocenters. The first-order valence-electron chi connectivity index (χ1n) is 8.90. The molecule has 2 aromatic rings. The number of aryl methyl sites for hydroxylation is 1. The van der Waals surface area contributed by atoms with Gasteiger partial charge in [0.2, 0.25) is 5.91 Å². The van der Waals surface area contributed by atoms with E-state index in [0.717, 1.165) is 34.1 Å². The molecule has 0 unspecified atom stereocenters. The van der Waals surface area contributed by atoms with Gasteiger partial charge in [0.25, 0.3) is 5.91 Å². The van der Waals surface area contributed by atoms with Crippen molar-refractivity contribution in [1.82, 2.24) is 15.2 Å². The fraction of sp³-hybridized carbons (Fsp3) is 0.421. The zero-order valence-corrected chi connectivity index (χ0v) is 15.7. The molecule has 136 valence electrons. The number of piperidine rings is 1. The van der Waals surface area contributed by atoms with Crippen LogP contribution < -0.4 is 10.6 Å². The van der Waals surface area contributed by atoms with E-state index in [1.807, 2.05) is 43.1 Å². The lowest BCUT2D eigenvalue weighted by molar-refractivity contribution is -0.126. The second-order valence-corrected chi connectivity index (χ2v) is 7.95. The molecular formula is C19H22N4O2S. The molecule has 0 saturated carbocycles. The van der Waals surface area contributed by atoms with Gasteiger partial charge in [-0.05, 0) is 37.5 Å². The predicted octanol–water partition coefficient (Wildman–Crippen LogP) is 2.51. The summed E-state index contributed by atoms with van der Waals surface area (Å²) in [5.74, 6) is 0.0200. The highest BCUT2D eigenvalue weighted by molar-refractivity contribution is 7.19. The van der Waals surface area contributed by atoms with Gasteiger partial charge in [-0.3, -0.25) is 9.59 Å². The van der Waals surface area contributed by atoms with E-state index in [1.165, 1.54) is 0 Å². The molecule has 3 fully saturated rings. The highest BCUT2D eigenvalue weighted by atomic mass is 32.1. The van der Waals surface area contributed by atoms with Crippen LogP contribution in [0.2, 0.25) is 0 Å². The van der Waals surface area contributed by atoms with Crippen molar-refractivity contribution < 1.29 is 9.59 Å². The Hall–Kier alpha value is -2.41. The fourth-order valence-electron chi connectivity index (χ4n) is 3.73. The molecule has 0 aliphatic carbocycles. The van der Waals surface area contributed by atoms with Gasteiger partial charge in [-0.15, -0.1) is 0 Å². The summed E-state index contributed by atoms with van der Waals surface area (Å²) in [6, 6.07) is 7.78. The molecule has 1 aromatic heterocycles. The summed E-state index contributed by atoms with van der Waals surface area (Å²) in [5.41, 5.74) is 2.71. The zero-order chi connectivity index (χ0) is 18.3. The number of carbonyl (C=O) groups is 2. The van der Waals surface area contributed by atoms with Crippen LogP contribution in [0.1, 0.15) is 28.9 Å². The lowest BCUT2D eigenvalue weighted by Gasteiger charge is -2.23. The highest BCUT2D eigenvalue weighted by Gasteiger charge is 2.36. The molecule has 1 aromatic carbocycles. The molecule has 2 amide bonds. The zero-order valence-electron chi connectivity index (χ0n) is 14.9. The van der Waals surface area contributed by atoms with E-state index in [9.17, 15) is 9.59 Å². The molecule has 5 rings (SSSR count). The third-order valence-electron chi connectivity index (χ3n) is 5.15. The number of anilines is 1. The first-order valence-corrected chi connectivity index (χ1v) is 9.72. The van der Waals surface area contributed by atoms with E-state index < -0.39 is 0 Å². The van der Waals surface area contributed by atoms with Crippen LogP contribution in [-0.4, -0.2) is 47.9 Å². The van der Waals surface area contributed by atoms with Crippen LogP contribution in [-0.2, 0) is 4.79 Å². The maximum absolute atomic E-state index is 12.9. The molecule has 7 heteroatoms. The van der Waals surface area contributed by atoms with Gasteiger partial charge in [-0.2, -0.15) is 0 Å². The maximum atomic E-state index is 12.9. The third-order valence-corrected chi connectivity index (χ3v) is 6.38. The molecule has 3 aliphatic rings. The van der Waals surface area contributed by atoms with Gasteiger partial charge in [0.05, 0.1) is 16.5 Å². The standard InChI is InChI=1S/C19H22N4O2S/c1-11-16(26-19(20-2)21-11)12-3-5-13(6-4-12)18(25)23-9-14-7-8-15(10-23)22-17(14)24/h3-6,14-15H,7-10H2,1-2H3,(H,20,21)(H,22,24)/t14-,15+/m1/s1. The van der Waals surface area contributed by atoms with Gasteiger partial charge in [-0.1, -0.05) is 23.5 Å². The lowest BCUT2D eigenvalue weighted by Crippen LogP contribution is -2.43. The Kier molecular flexibility index (Phi) is 4.40. The van der Waals surface area contributed by atoms with Crippen molar-refractivity contribution in [3.63, 3.8) is 0 Å². The molecule has 6 nitrogen and oxygen atoms in total. The van der Waals surface area contributed by atoms with Crippen LogP contribution in [0.5, 0.6) is 0 Å². The second-order valence-electron chi connectivity index (χ2n) is 6.95. The first kappa shape index (κ1) is 17.0. The Balaban J connectivity index is 1.54. The summed E-state index contributed by atoms with van der Waals surface area (Å²) >= 11 is 1.60. The van der Waals surface area contributed by atoms with Crippen molar-refractivity contribution in [3.05, 3.63) is 35.5 Å². The number of hydrogen-bond donors (Lipinski definition) is 2. The van der Waals surface area contributed by atoms with E-state index >= 15 is 0 Å². The summed E-state index contributed by atoms with van der Waals surface area (Å²) in [4.78, 5) is 32.3. The average Bonchev–Trinajstić information content (AvgIpc) is 2.81. The third kappa shape index (κ3) is 3.07. The largest absolute Gasteiger partial charge is 0.365 e. The van der Waals surface area contributed by atoms with Gasteiger partial charge in [0, 0.05) is 31.7 Å². The number of aromatic nitrogens is 1. The van der Waals surface area contributed by atoms with Crippen LogP contribution in [0.15, 0.2) is 24.3 Å². The SMILES string of the molecule is CNc1nc(C)c(-c2ccc(C(=O)N3C[C@@H]4CC[C@H](C3)C(=O)N4)cc2)s1. The molecule has 4 heterocycles. The van der Waals surface area contributed by atoms with Crippen molar-refractivity contribution >= 4 is 28.3 Å². The topological polar surface area (TPSA) is 74.3 Å². The van der Waals surface area contributed by atoms with Crippen molar-refractivity contribution in [2.75, 3.05) is 25.5 Å². The smallest absolute Gasteiger partial charge is 0.253 e. The average molecular weight is 370 g/mol. The monoisotopic (exact) mass is 370 g/mol. The van der Waals surface area contributed by atoms with Gasteiger partial charge in [0.15, 0.2) is 5.13 Å². The van der Waals surface area contributed by atoms with Crippen molar-refractivity contribution in [3.8, 4) is 10.4 Å². The van der Waals surface area contributed by atoms with Crippen molar-refractivity contribution in [1.29, 1.82) is 0 Å². The Morgan fingerprint density at radius 1 is 1.27 bits per heavy atom. The van der Waals surface area contributed by atoms with Crippen molar-refractivity contribution in [2.45, 2.75) is 25.8 Å². The lowest BCUT2D eigenvalue weighted by atomic mass is 9.96. The summed E-state index contributed by atoms with van der Waals surface area (Å²) in [6.07, 6.45) is 1.83. The summed E-state index contributed by atoms with van der Waals surface area (Å²) in [5, 5.41) is 6.97. The van der Waals surface area contributed by atoms with Gasteiger partial charge in [-0.25, -0.2) is 4.98 Å². The maximum Gasteiger partial charge on any atom is 0.253 e. The highest BCUT2D eigenvalue weighted by Crippen LogP contribution is 2.33. The Morgan fingerprint density at radius 2 is 2.04 bits per heavy atom. The minimum atomic E-state index is -0.0724. The normalized spacial score (nSPS) is 22.1. The molecular weight excluding hydrogens is 348 g/mol. The number of nitrogens with one attached hydrogen (secondary N) is 2. The van der Waals surface area contributed by atoms with Crippen LogP contribution in [0.25, 0.3) is 10.4 Å². The fourth-order valence-corrected chi connectivity index (χ4v) is 4.65. The molecule has 2 bridgehead atoms. The molecule has 3 aliphatic heterocycles. The summed E-state index contributed by atoms with van der Waals surface area (Å²) in [7, 11) is 1.86. The number of carbonyl (C=O) groups excluding carboxylic acids is 2. The van der Waals surface area contributed by atoms with E-state index in [-0.39, 0.29) is 23.8 Å². The Morgan fingerprint density at radius 3 is 2.69 bits per heavy atom. The van der Waals surface area contributed by atoms with E-state index in [1.54, 1.807) is 11.3 Å². The van der Waals surface area contributed by atoms with E-state index in [2.05, 4.69) is 15.6 Å². The number of thiazole rings is 1. The van der Waals surface area contributed by atoms with E-state index in [4.69, 9.17) is 0 Å². The number of nitrogens with zero attached hydrogens (tertiary/aromatic N) is 2. The second kappa shape index (κ2) is 6.72. The molecule has 26 heavy (non-hydrogen) atoms. The van der Waals surface area contributed by atoms with Gasteiger partial charge >= 0.3 is 0 Å². The molecule has 0 radical (unpaired) electrons. The number of benzene rings is 1. The van der Waals surface area contributed by atoms with E-state index in [0.29, 0.717) is 18.7 Å². The van der Waals surface area contributed by atoms with Gasteiger partial charge < -0.3 is 15.5 Å². The predicted molar refractivity (Wildman–Crippen MR) is 102 cm³/mol. The van der Waals surface area contributed by atoms with Crippen LogP contribution in [0.3, 0.4) is 0 Å². The minimum absolute atomic E-state index is 0.00175. The number of hydrogen-bond acceptors (Lipinski definition) is 5. The molecule has 2 N–H and O–H groups in total. The first-order chi connectivity index (χ1) is 12.5. The van der Waals surface area contributed by atoms with Crippen molar-refractivity contribution in [2.24, 2.45) is 5.92 Å². The quantitative estimate of drug-likeness (QED) is 0.871. The number of rotatable bonds is 3. The van der Waals surface area contributed by atoms with Crippen LogP contribution in [0.4, 0.5) is 5.13 Å². The van der Waals surface area contributed by atoms with Gasteiger partial charge in [0.1, 0.15) is 0 Å². The number of amides is 2.